The predicted molar refractivity (Wildman–Crippen MR) is 81.5 cm³/mol. The van der Waals surface area contributed by atoms with Gasteiger partial charge < -0.3 is 10.1 Å². The Morgan fingerprint density at radius 3 is 3.00 bits per heavy atom. The van der Waals surface area contributed by atoms with Gasteiger partial charge in [-0.3, -0.25) is 4.68 Å². The molecule has 0 amide bonds. The van der Waals surface area contributed by atoms with E-state index in [1.165, 1.54) is 10.5 Å². The average Bonchev–Trinajstić information content (AvgIpc) is 3.06. The maximum Gasteiger partial charge on any atom is 0.161 e. The molecule has 0 saturated heterocycles. The van der Waals surface area contributed by atoms with Crippen LogP contribution in [-0.2, 0) is 7.05 Å². The Labute approximate surface area is 123 Å². The lowest BCUT2D eigenvalue weighted by atomic mass is 9.91. The number of benzene rings is 1. The molecule has 0 radical (unpaired) electrons. The standard InChI is InChI=1S/C15H19N3OS/c1-16-14(15-12(19-3)8-17-18(15)2)11-9-20-13-7-5-4-6-10(11)13/h4-8,11,14,16H,9H2,1-3H3. The Balaban J connectivity index is 2.01. The van der Waals surface area contributed by atoms with Crippen LogP contribution in [0.4, 0.5) is 0 Å². The van der Waals surface area contributed by atoms with Crippen LogP contribution in [0, 0.1) is 0 Å². The first-order valence-corrected chi connectivity index (χ1v) is 7.69. The van der Waals surface area contributed by atoms with Gasteiger partial charge in [-0.05, 0) is 18.7 Å². The molecule has 2 atom stereocenters. The van der Waals surface area contributed by atoms with E-state index in [-0.39, 0.29) is 6.04 Å². The number of hydrogen-bond acceptors (Lipinski definition) is 4. The van der Waals surface area contributed by atoms with E-state index in [4.69, 9.17) is 4.74 Å². The average molecular weight is 289 g/mol. The number of rotatable bonds is 4. The van der Waals surface area contributed by atoms with Crippen molar-refractivity contribution >= 4 is 11.8 Å². The zero-order valence-electron chi connectivity index (χ0n) is 12.0. The Morgan fingerprint density at radius 2 is 2.25 bits per heavy atom. The molecule has 0 saturated carbocycles. The monoisotopic (exact) mass is 289 g/mol. The minimum atomic E-state index is 0.202. The minimum absolute atomic E-state index is 0.202. The second kappa shape index (κ2) is 5.50. The molecule has 1 N–H and O–H groups in total. The highest BCUT2D eigenvalue weighted by Gasteiger charge is 2.33. The second-order valence-corrected chi connectivity index (χ2v) is 6.01. The first-order valence-electron chi connectivity index (χ1n) is 6.71. The van der Waals surface area contributed by atoms with Crippen molar-refractivity contribution in [2.45, 2.75) is 16.9 Å². The number of likely N-dealkylation sites (N-methyl/N-ethyl adjacent to an activating group) is 1. The highest BCUT2D eigenvalue weighted by atomic mass is 32.2. The van der Waals surface area contributed by atoms with Gasteiger partial charge in [0, 0.05) is 23.6 Å². The van der Waals surface area contributed by atoms with Gasteiger partial charge in [-0.25, -0.2) is 0 Å². The summed E-state index contributed by atoms with van der Waals surface area (Å²) in [6.45, 7) is 0. The van der Waals surface area contributed by atoms with Gasteiger partial charge in [0.05, 0.1) is 25.0 Å². The third-order valence-electron chi connectivity index (χ3n) is 3.91. The molecule has 106 valence electrons. The number of nitrogens with zero attached hydrogens (tertiary/aromatic N) is 2. The summed E-state index contributed by atoms with van der Waals surface area (Å²) < 4.78 is 7.37. The molecule has 2 unspecified atom stereocenters. The van der Waals surface area contributed by atoms with Crippen LogP contribution in [0.2, 0.25) is 0 Å². The summed E-state index contributed by atoms with van der Waals surface area (Å²) in [5.41, 5.74) is 2.53. The summed E-state index contributed by atoms with van der Waals surface area (Å²) in [4.78, 5) is 1.39. The molecule has 2 aromatic rings. The molecule has 0 aliphatic carbocycles. The van der Waals surface area contributed by atoms with Crippen molar-refractivity contribution in [3.63, 3.8) is 0 Å². The van der Waals surface area contributed by atoms with Crippen LogP contribution in [0.5, 0.6) is 5.75 Å². The van der Waals surface area contributed by atoms with E-state index in [1.54, 1.807) is 13.3 Å². The summed E-state index contributed by atoms with van der Waals surface area (Å²) in [6.07, 6.45) is 1.79. The van der Waals surface area contributed by atoms with Crippen LogP contribution < -0.4 is 10.1 Å². The number of fused-ring (bicyclic) bond motifs is 1. The van der Waals surface area contributed by atoms with E-state index in [9.17, 15) is 0 Å². The highest BCUT2D eigenvalue weighted by Crippen LogP contribution is 2.46. The van der Waals surface area contributed by atoms with Gasteiger partial charge in [0.25, 0.3) is 0 Å². The van der Waals surface area contributed by atoms with Crippen molar-refractivity contribution in [3.8, 4) is 5.75 Å². The van der Waals surface area contributed by atoms with Crippen LogP contribution in [0.15, 0.2) is 35.4 Å². The van der Waals surface area contributed by atoms with Crippen LogP contribution in [0.1, 0.15) is 23.2 Å². The lowest BCUT2D eigenvalue weighted by Gasteiger charge is -2.24. The molecule has 0 fully saturated rings. The summed E-state index contributed by atoms with van der Waals surface area (Å²) in [6, 6.07) is 8.85. The third kappa shape index (κ3) is 2.11. The molecular formula is C15H19N3OS. The van der Waals surface area contributed by atoms with E-state index in [2.05, 4.69) is 34.7 Å². The zero-order valence-corrected chi connectivity index (χ0v) is 12.8. The van der Waals surface area contributed by atoms with Gasteiger partial charge in [0.2, 0.25) is 0 Å². The van der Waals surface area contributed by atoms with Crippen LogP contribution >= 0.6 is 11.8 Å². The Morgan fingerprint density at radius 1 is 1.45 bits per heavy atom. The van der Waals surface area contributed by atoms with Gasteiger partial charge in [0.1, 0.15) is 0 Å². The summed E-state index contributed by atoms with van der Waals surface area (Å²) in [5, 5.41) is 7.78. The Bertz CT molecular complexity index is 611. The number of nitrogens with one attached hydrogen (secondary N) is 1. The SMILES string of the molecule is CNC(c1c(OC)cnn1C)C1CSc2ccccc21. The van der Waals surface area contributed by atoms with Crippen molar-refractivity contribution < 1.29 is 4.74 Å². The van der Waals surface area contributed by atoms with E-state index in [0.29, 0.717) is 5.92 Å². The third-order valence-corrected chi connectivity index (χ3v) is 5.12. The topological polar surface area (TPSA) is 39.1 Å². The molecule has 1 aromatic carbocycles. The second-order valence-electron chi connectivity index (χ2n) is 4.94. The molecular weight excluding hydrogens is 270 g/mol. The molecule has 4 nitrogen and oxygen atoms in total. The maximum atomic E-state index is 5.47. The smallest absolute Gasteiger partial charge is 0.161 e. The van der Waals surface area contributed by atoms with E-state index >= 15 is 0 Å². The first-order chi connectivity index (χ1) is 9.76. The van der Waals surface area contributed by atoms with Crippen LogP contribution in [0.3, 0.4) is 0 Å². The number of hydrogen-bond donors (Lipinski definition) is 1. The Hall–Kier alpha value is -1.46. The fourth-order valence-electron chi connectivity index (χ4n) is 2.93. The van der Waals surface area contributed by atoms with E-state index in [1.807, 2.05) is 30.5 Å². The predicted octanol–water partition coefficient (Wildman–Crippen LogP) is 2.58. The molecule has 2 heterocycles. The van der Waals surface area contributed by atoms with E-state index in [0.717, 1.165) is 17.2 Å². The minimum Gasteiger partial charge on any atom is -0.493 e. The highest BCUT2D eigenvalue weighted by molar-refractivity contribution is 7.99. The number of aryl methyl sites for hydroxylation is 1. The molecule has 1 aliphatic rings. The van der Waals surface area contributed by atoms with Gasteiger partial charge >= 0.3 is 0 Å². The lowest BCUT2D eigenvalue weighted by Crippen LogP contribution is -2.26. The van der Waals surface area contributed by atoms with Gasteiger partial charge in [-0.2, -0.15) is 5.10 Å². The number of methoxy groups -OCH3 is 1. The van der Waals surface area contributed by atoms with Crippen molar-refractivity contribution in [2.75, 3.05) is 19.9 Å². The molecule has 20 heavy (non-hydrogen) atoms. The summed E-state index contributed by atoms with van der Waals surface area (Å²) in [7, 11) is 5.67. The molecule has 1 aliphatic heterocycles. The number of thioether (sulfide) groups is 1. The van der Waals surface area contributed by atoms with Gasteiger partial charge in [0.15, 0.2) is 5.75 Å². The van der Waals surface area contributed by atoms with Gasteiger partial charge in [-0.1, -0.05) is 18.2 Å². The largest absolute Gasteiger partial charge is 0.493 e. The first kappa shape index (κ1) is 13.5. The summed E-state index contributed by atoms with van der Waals surface area (Å²) in [5.74, 6) is 2.37. The molecule has 0 spiro atoms. The fraction of sp³-hybridized carbons (Fsp3) is 0.400. The fourth-order valence-corrected chi connectivity index (χ4v) is 4.22. The quantitative estimate of drug-likeness (QED) is 0.939. The number of aromatic nitrogens is 2. The van der Waals surface area contributed by atoms with Crippen molar-refractivity contribution in [3.05, 3.63) is 41.7 Å². The molecule has 1 aromatic heterocycles. The maximum absolute atomic E-state index is 5.47. The molecule has 3 rings (SSSR count). The molecule has 5 heteroatoms. The summed E-state index contributed by atoms with van der Waals surface area (Å²) >= 11 is 1.93. The van der Waals surface area contributed by atoms with E-state index < -0.39 is 0 Å². The van der Waals surface area contributed by atoms with Gasteiger partial charge in [-0.15, -0.1) is 11.8 Å². The van der Waals surface area contributed by atoms with Crippen molar-refractivity contribution in [1.29, 1.82) is 0 Å². The lowest BCUT2D eigenvalue weighted by molar-refractivity contribution is 0.388. The zero-order chi connectivity index (χ0) is 14.1. The Kier molecular flexibility index (Phi) is 3.72. The number of ether oxygens (including phenoxy) is 1. The van der Waals surface area contributed by atoms with Crippen molar-refractivity contribution in [2.24, 2.45) is 7.05 Å². The van der Waals surface area contributed by atoms with Crippen LogP contribution in [0.25, 0.3) is 0 Å². The van der Waals surface area contributed by atoms with Crippen LogP contribution in [-0.4, -0.2) is 29.7 Å². The normalized spacial score (nSPS) is 18.9. The van der Waals surface area contributed by atoms with Crippen molar-refractivity contribution in [1.82, 2.24) is 15.1 Å². The molecule has 0 bridgehead atoms.